The first kappa shape index (κ1) is 17.7. The number of primary sulfonamides is 1. The minimum atomic E-state index is -3.69. The summed E-state index contributed by atoms with van der Waals surface area (Å²) in [6.07, 6.45) is 2.18. The van der Waals surface area contributed by atoms with Crippen LogP contribution in [0.5, 0.6) is 0 Å². The Hall–Kier alpha value is -1.70. The molecule has 0 radical (unpaired) electrons. The molecule has 0 saturated carbocycles. The molecule has 1 heterocycles. The molecule has 23 heavy (non-hydrogen) atoms. The van der Waals surface area contributed by atoms with E-state index in [2.05, 4.69) is 11.4 Å². The van der Waals surface area contributed by atoms with Gasteiger partial charge >= 0.3 is 0 Å². The second-order valence-corrected chi connectivity index (χ2v) is 7.93. The predicted molar refractivity (Wildman–Crippen MR) is 91.6 cm³/mol. The number of nitrogens with one attached hydrogen (secondary N) is 1. The van der Waals surface area contributed by atoms with E-state index in [0.29, 0.717) is 6.42 Å². The molecule has 1 amide bonds. The van der Waals surface area contributed by atoms with E-state index >= 15 is 0 Å². The minimum Gasteiger partial charge on any atom is -0.350 e. The van der Waals surface area contributed by atoms with Crippen LogP contribution in [0.4, 0.5) is 0 Å². The highest BCUT2D eigenvalue weighted by Crippen LogP contribution is 2.16. The van der Waals surface area contributed by atoms with Crippen LogP contribution < -0.4 is 10.5 Å². The average molecular weight is 352 g/mol. The largest absolute Gasteiger partial charge is 0.350 e. The third-order valence-corrected chi connectivity index (χ3v) is 5.36. The van der Waals surface area contributed by atoms with Gasteiger partial charge in [-0.15, -0.1) is 11.3 Å². The van der Waals surface area contributed by atoms with Crippen LogP contribution in [0.3, 0.4) is 0 Å². The summed E-state index contributed by atoms with van der Waals surface area (Å²) in [5.74, 6) is -0.00965. The number of hydrogen-bond acceptors (Lipinski definition) is 4. The predicted octanol–water partition coefficient (Wildman–Crippen LogP) is 2.60. The topological polar surface area (TPSA) is 89.3 Å². The molecule has 0 unspecified atom stereocenters. The van der Waals surface area contributed by atoms with Crippen molar-refractivity contribution in [3.05, 3.63) is 52.2 Å². The number of aryl methyl sites for hydroxylation is 1. The Bertz CT molecular complexity index is 738. The fraction of sp³-hybridized carbons (Fsp3) is 0.312. The quantitative estimate of drug-likeness (QED) is 0.802. The Kier molecular flexibility index (Phi) is 5.92. The van der Waals surface area contributed by atoms with Gasteiger partial charge in [-0.05, 0) is 48.9 Å². The van der Waals surface area contributed by atoms with Crippen LogP contribution in [-0.4, -0.2) is 14.3 Å². The highest BCUT2D eigenvalue weighted by atomic mass is 32.2. The summed E-state index contributed by atoms with van der Waals surface area (Å²) in [5, 5.41) is 10.0. The first-order chi connectivity index (χ1) is 10.9. The van der Waals surface area contributed by atoms with E-state index < -0.39 is 10.0 Å². The van der Waals surface area contributed by atoms with E-state index in [4.69, 9.17) is 5.14 Å². The molecule has 0 fully saturated rings. The molecular formula is C16H20N2O3S2. The highest BCUT2D eigenvalue weighted by molar-refractivity contribution is 7.89. The molecule has 0 aliphatic rings. The zero-order chi connectivity index (χ0) is 16.9. The summed E-state index contributed by atoms with van der Waals surface area (Å²) in [6.45, 7) is 1.86. The van der Waals surface area contributed by atoms with Crippen LogP contribution in [0.2, 0.25) is 0 Å². The van der Waals surface area contributed by atoms with E-state index in [1.807, 2.05) is 18.4 Å². The summed E-state index contributed by atoms with van der Waals surface area (Å²) >= 11 is 1.70. The maximum Gasteiger partial charge on any atom is 0.238 e. The normalized spacial score (nSPS) is 12.8. The summed E-state index contributed by atoms with van der Waals surface area (Å²) in [5.41, 5.74) is 0.837. The molecule has 0 bridgehead atoms. The van der Waals surface area contributed by atoms with Gasteiger partial charge in [-0.25, -0.2) is 13.6 Å². The van der Waals surface area contributed by atoms with Gasteiger partial charge in [0.05, 0.1) is 10.9 Å². The number of hydrogen-bond donors (Lipinski definition) is 2. The first-order valence-electron chi connectivity index (χ1n) is 7.31. The van der Waals surface area contributed by atoms with Crippen molar-refractivity contribution in [2.45, 2.75) is 37.1 Å². The summed E-state index contributed by atoms with van der Waals surface area (Å²) < 4.78 is 22.4. The Morgan fingerprint density at radius 1 is 1.26 bits per heavy atom. The lowest BCUT2D eigenvalue weighted by atomic mass is 10.1. The summed E-state index contributed by atoms with van der Waals surface area (Å²) in [7, 11) is -3.69. The first-order valence-corrected chi connectivity index (χ1v) is 9.73. The number of nitrogens with two attached hydrogens (primary N) is 1. The molecule has 1 atom stereocenters. The van der Waals surface area contributed by atoms with Crippen molar-refractivity contribution in [1.82, 2.24) is 5.32 Å². The zero-order valence-electron chi connectivity index (χ0n) is 12.9. The molecule has 0 aliphatic carbocycles. The second kappa shape index (κ2) is 7.72. The fourth-order valence-corrected chi connectivity index (χ4v) is 3.49. The van der Waals surface area contributed by atoms with Crippen molar-refractivity contribution < 1.29 is 13.2 Å². The van der Waals surface area contributed by atoms with Crippen LogP contribution in [-0.2, 0) is 21.2 Å². The molecule has 0 aliphatic heterocycles. The van der Waals surface area contributed by atoms with E-state index in [-0.39, 0.29) is 16.8 Å². The van der Waals surface area contributed by atoms with Crippen molar-refractivity contribution >= 4 is 27.3 Å². The highest BCUT2D eigenvalue weighted by Gasteiger charge is 2.12. The van der Waals surface area contributed by atoms with Crippen LogP contribution >= 0.6 is 11.3 Å². The van der Waals surface area contributed by atoms with Gasteiger partial charge in [0.1, 0.15) is 0 Å². The molecular weight excluding hydrogens is 332 g/mol. The lowest BCUT2D eigenvalue weighted by molar-refractivity contribution is -0.121. The van der Waals surface area contributed by atoms with Crippen molar-refractivity contribution in [1.29, 1.82) is 0 Å². The number of carbonyl (C=O) groups is 1. The SMILES string of the molecule is C[C@@H](NC(=O)CCCc1cccs1)c1ccc(S(N)(=O)=O)cc1. The number of amides is 1. The van der Waals surface area contributed by atoms with Gasteiger partial charge in [-0.3, -0.25) is 4.79 Å². The number of rotatable bonds is 7. The van der Waals surface area contributed by atoms with E-state index in [9.17, 15) is 13.2 Å². The van der Waals surface area contributed by atoms with Gasteiger partial charge in [0, 0.05) is 11.3 Å². The smallest absolute Gasteiger partial charge is 0.238 e. The van der Waals surface area contributed by atoms with E-state index in [1.54, 1.807) is 23.5 Å². The molecule has 5 nitrogen and oxygen atoms in total. The Labute approximate surface area is 140 Å². The van der Waals surface area contributed by atoms with Gasteiger partial charge in [0.15, 0.2) is 0 Å². The standard InChI is InChI=1S/C16H20N2O3S2/c1-12(13-7-9-15(10-8-13)23(17,20)21)18-16(19)6-2-4-14-5-3-11-22-14/h3,5,7-12H,2,4,6H2,1H3,(H,18,19)(H2,17,20,21)/t12-/m1/s1. The maximum absolute atomic E-state index is 12.0. The molecule has 7 heteroatoms. The Morgan fingerprint density at radius 3 is 2.52 bits per heavy atom. The zero-order valence-corrected chi connectivity index (χ0v) is 14.5. The Balaban J connectivity index is 1.83. The third kappa shape index (κ3) is 5.46. The average Bonchev–Trinajstić information content (AvgIpc) is 2.99. The van der Waals surface area contributed by atoms with Crippen LogP contribution in [0.1, 0.15) is 36.2 Å². The number of thiophene rings is 1. The maximum atomic E-state index is 12.0. The van der Waals surface area contributed by atoms with Gasteiger partial charge < -0.3 is 5.32 Å². The minimum absolute atomic E-state index is 0.00965. The monoisotopic (exact) mass is 352 g/mol. The molecule has 1 aromatic carbocycles. The van der Waals surface area contributed by atoms with Crippen molar-refractivity contribution in [3.8, 4) is 0 Å². The van der Waals surface area contributed by atoms with Gasteiger partial charge in [-0.1, -0.05) is 18.2 Å². The third-order valence-electron chi connectivity index (χ3n) is 3.49. The summed E-state index contributed by atoms with van der Waals surface area (Å²) in [4.78, 5) is 13.3. The van der Waals surface area contributed by atoms with Crippen LogP contribution in [0.25, 0.3) is 0 Å². The molecule has 1 aromatic heterocycles. The number of sulfonamides is 1. The molecule has 0 saturated heterocycles. The van der Waals surface area contributed by atoms with Gasteiger partial charge in [0.25, 0.3) is 0 Å². The number of carbonyl (C=O) groups excluding carboxylic acids is 1. The van der Waals surface area contributed by atoms with E-state index in [0.717, 1.165) is 18.4 Å². The fourth-order valence-electron chi connectivity index (χ4n) is 2.22. The summed E-state index contributed by atoms with van der Waals surface area (Å²) in [6, 6.07) is 10.1. The number of benzene rings is 1. The molecule has 3 N–H and O–H groups in total. The molecule has 124 valence electrons. The molecule has 2 aromatic rings. The van der Waals surface area contributed by atoms with Gasteiger partial charge in [0.2, 0.25) is 15.9 Å². The van der Waals surface area contributed by atoms with Crippen molar-refractivity contribution in [3.63, 3.8) is 0 Å². The Morgan fingerprint density at radius 2 is 1.96 bits per heavy atom. The second-order valence-electron chi connectivity index (χ2n) is 5.34. The van der Waals surface area contributed by atoms with E-state index in [1.165, 1.54) is 17.0 Å². The molecule has 2 rings (SSSR count). The lowest BCUT2D eigenvalue weighted by Crippen LogP contribution is -2.26. The van der Waals surface area contributed by atoms with Crippen LogP contribution in [0, 0.1) is 0 Å². The van der Waals surface area contributed by atoms with Crippen molar-refractivity contribution in [2.75, 3.05) is 0 Å². The van der Waals surface area contributed by atoms with Crippen molar-refractivity contribution in [2.24, 2.45) is 5.14 Å². The van der Waals surface area contributed by atoms with Gasteiger partial charge in [-0.2, -0.15) is 0 Å². The lowest BCUT2D eigenvalue weighted by Gasteiger charge is -2.14. The van der Waals surface area contributed by atoms with Crippen LogP contribution in [0.15, 0.2) is 46.7 Å². The molecule has 0 spiro atoms.